The molecule has 0 spiro atoms. The second kappa shape index (κ2) is 4.47. The maximum atomic E-state index is 11.5. The molecule has 0 aliphatic heterocycles. The van der Waals surface area contributed by atoms with E-state index >= 15 is 0 Å². The van der Waals surface area contributed by atoms with Crippen molar-refractivity contribution in [3.8, 4) is 6.07 Å². The fourth-order valence-electron chi connectivity index (χ4n) is 1.10. The number of hydrogen-bond donors (Lipinski definition) is 0. The van der Waals surface area contributed by atoms with Crippen molar-refractivity contribution in [2.45, 2.75) is 13.5 Å². The molecular weight excluding hydrogens is 178 g/mol. The molecule has 1 heterocycles. The molecule has 14 heavy (non-hydrogen) atoms. The van der Waals surface area contributed by atoms with Gasteiger partial charge in [-0.05, 0) is 19.1 Å². The Kier molecular flexibility index (Phi) is 3.29. The van der Waals surface area contributed by atoms with Crippen LogP contribution in [0.5, 0.6) is 0 Å². The van der Waals surface area contributed by atoms with E-state index in [2.05, 4.69) is 0 Å². The zero-order chi connectivity index (χ0) is 10.6. The van der Waals surface area contributed by atoms with E-state index in [1.165, 1.54) is 0 Å². The summed E-state index contributed by atoms with van der Waals surface area (Å²) in [5.74, 6) is 0.0141. The molecule has 1 aromatic heterocycles. The van der Waals surface area contributed by atoms with Gasteiger partial charge in [-0.2, -0.15) is 5.26 Å². The minimum atomic E-state index is 0.0141. The van der Waals surface area contributed by atoms with Crippen LogP contribution in [-0.4, -0.2) is 29.0 Å². The van der Waals surface area contributed by atoms with Crippen molar-refractivity contribution in [1.82, 2.24) is 9.47 Å². The average molecular weight is 191 g/mol. The van der Waals surface area contributed by atoms with Crippen molar-refractivity contribution in [2.75, 3.05) is 13.6 Å². The van der Waals surface area contributed by atoms with Crippen LogP contribution in [0.3, 0.4) is 0 Å². The van der Waals surface area contributed by atoms with E-state index in [-0.39, 0.29) is 12.5 Å². The fraction of sp³-hybridized carbons (Fsp3) is 0.400. The number of carbonyl (C=O) groups excluding carboxylic acids is 1. The van der Waals surface area contributed by atoms with Crippen molar-refractivity contribution in [3.63, 3.8) is 0 Å². The van der Waals surface area contributed by atoms with Crippen molar-refractivity contribution in [1.29, 1.82) is 5.26 Å². The number of nitriles is 1. The zero-order valence-electron chi connectivity index (χ0n) is 8.40. The summed E-state index contributed by atoms with van der Waals surface area (Å²) in [6.45, 7) is 2.83. The summed E-state index contributed by atoms with van der Waals surface area (Å²) in [6, 6.07) is 5.49. The molecule has 4 heteroatoms. The van der Waals surface area contributed by atoms with E-state index in [9.17, 15) is 4.79 Å². The molecule has 0 N–H and O–H groups in total. The van der Waals surface area contributed by atoms with E-state index in [0.29, 0.717) is 12.2 Å². The lowest BCUT2D eigenvalue weighted by molar-refractivity contribution is -0.130. The molecule has 0 saturated heterocycles. The Bertz CT molecular complexity index is 362. The summed E-state index contributed by atoms with van der Waals surface area (Å²) in [6.07, 6.45) is 1.74. The molecule has 0 fully saturated rings. The maximum Gasteiger partial charge on any atom is 0.242 e. The van der Waals surface area contributed by atoms with Gasteiger partial charge in [-0.15, -0.1) is 0 Å². The topological polar surface area (TPSA) is 49.0 Å². The van der Waals surface area contributed by atoms with Gasteiger partial charge in [0.25, 0.3) is 0 Å². The monoisotopic (exact) mass is 191 g/mol. The molecule has 0 aliphatic carbocycles. The predicted molar refractivity (Wildman–Crippen MR) is 52.5 cm³/mol. The standard InChI is InChI=1S/C10H13N3O/c1-3-12(2)10(14)8-13-6-4-5-9(13)7-11/h4-6H,3,8H2,1-2H3. The number of likely N-dealkylation sites (N-methyl/N-ethyl adjacent to an activating group) is 1. The van der Waals surface area contributed by atoms with E-state index in [1.54, 1.807) is 34.8 Å². The number of aromatic nitrogens is 1. The van der Waals surface area contributed by atoms with Crippen LogP contribution in [0.25, 0.3) is 0 Å². The van der Waals surface area contributed by atoms with Crippen LogP contribution in [0, 0.1) is 11.3 Å². The molecule has 0 aliphatic rings. The molecule has 4 nitrogen and oxygen atoms in total. The minimum Gasteiger partial charge on any atom is -0.344 e. The Morgan fingerprint density at radius 1 is 1.71 bits per heavy atom. The second-order valence-corrected chi connectivity index (χ2v) is 3.04. The highest BCUT2D eigenvalue weighted by Crippen LogP contribution is 2.01. The molecular formula is C10H13N3O. The van der Waals surface area contributed by atoms with Gasteiger partial charge < -0.3 is 9.47 Å². The average Bonchev–Trinajstić information content (AvgIpc) is 2.63. The van der Waals surface area contributed by atoms with E-state index < -0.39 is 0 Å². The Labute approximate surface area is 83.4 Å². The Hall–Kier alpha value is -1.76. The molecule has 0 aromatic carbocycles. The highest BCUT2D eigenvalue weighted by molar-refractivity contribution is 5.75. The van der Waals surface area contributed by atoms with Gasteiger partial charge in [0.1, 0.15) is 18.3 Å². The lowest BCUT2D eigenvalue weighted by Crippen LogP contribution is -2.29. The molecule has 0 saturated carbocycles. The van der Waals surface area contributed by atoms with Gasteiger partial charge in [0.2, 0.25) is 5.91 Å². The SMILES string of the molecule is CCN(C)C(=O)Cn1cccc1C#N. The highest BCUT2D eigenvalue weighted by atomic mass is 16.2. The van der Waals surface area contributed by atoms with Gasteiger partial charge in [0.05, 0.1) is 0 Å². The third kappa shape index (κ3) is 2.13. The summed E-state index contributed by atoms with van der Waals surface area (Å²) in [5, 5.41) is 8.72. The van der Waals surface area contributed by atoms with Crippen LogP contribution in [-0.2, 0) is 11.3 Å². The summed E-state index contributed by atoms with van der Waals surface area (Å²) in [5.41, 5.74) is 0.517. The molecule has 1 aromatic rings. The lowest BCUT2D eigenvalue weighted by Gasteiger charge is -2.14. The van der Waals surface area contributed by atoms with E-state index in [1.807, 2.05) is 13.0 Å². The lowest BCUT2D eigenvalue weighted by atomic mass is 10.4. The zero-order valence-corrected chi connectivity index (χ0v) is 8.40. The van der Waals surface area contributed by atoms with Crippen LogP contribution in [0.15, 0.2) is 18.3 Å². The van der Waals surface area contributed by atoms with Crippen molar-refractivity contribution in [3.05, 3.63) is 24.0 Å². The summed E-state index contributed by atoms with van der Waals surface area (Å²) in [4.78, 5) is 13.1. The molecule has 0 radical (unpaired) electrons. The summed E-state index contributed by atoms with van der Waals surface area (Å²) < 4.78 is 1.65. The van der Waals surface area contributed by atoms with Crippen LogP contribution in [0.1, 0.15) is 12.6 Å². The Morgan fingerprint density at radius 2 is 2.43 bits per heavy atom. The largest absolute Gasteiger partial charge is 0.344 e. The predicted octanol–water partition coefficient (Wildman–Crippen LogP) is 0.838. The number of amides is 1. The third-order valence-corrected chi connectivity index (χ3v) is 2.15. The van der Waals surface area contributed by atoms with Gasteiger partial charge in [0.15, 0.2) is 0 Å². The van der Waals surface area contributed by atoms with Crippen molar-refractivity contribution in [2.24, 2.45) is 0 Å². The second-order valence-electron chi connectivity index (χ2n) is 3.04. The first-order chi connectivity index (χ1) is 6.69. The van der Waals surface area contributed by atoms with Gasteiger partial charge >= 0.3 is 0 Å². The number of nitrogens with zero attached hydrogens (tertiary/aromatic N) is 3. The van der Waals surface area contributed by atoms with Crippen LogP contribution in [0.4, 0.5) is 0 Å². The molecule has 0 bridgehead atoms. The number of rotatable bonds is 3. The molecule has 0 unspecified atom stereocenters. The van der Waals surface area contributed by atoms with Crippen LogP contribution >= 0.6 is 0 Å². The van der Waals surface area contributed by atoms with Gasteiger partial charge in [-0.1, -0.05) is 0 Å². The summed E-state index contributed by atoms with van der Waals surface area (Å²) in [7, 11) is 1.75. The minimum absolute atomic E-state index is 0.0141. The number of carbonyl (C=O) groups is 1. The fourth-order valence-corrected chi connectivity index (χ4v) is 1.10. The first-order valence-corrected chi connectivity index (χ1v) is 4.48. The quantitative estimate of drug-likeness (QED) is 0.710. The smallest absolute Gasteiger partial charge is 0.242 e. The Morgan fingerprint density at radius 3 is 3.00 bits per heavy atom. The Balaban J connectivity index is 2.70. The molecule has 74 valence electrons. The molecule has 1 amide bonds. The first-order valence-electron chi connectivity index (χ1n) is 4.48. The summed E-state index contributed by atoms with van der Waals surface area (Å²) >= 11 is 0. The first kappa shape index (κ1) is 10.3. The maximum absolute atomic E-state index is 11.5. The normalized spacial score (nSPS) is 9.50. The van der Waals surface area contributed by atoms with Crippen LogP contribution < -0.4 is 0 Å². The van der Waals surface area contributed by atoms with Crippen LogP contribution in [0.2, 0.25) is 0 Å². The van der Waals surface area contributed by atoms with E-state index in [0.717, 1.165) is 0 Å². The third-order valence-electron chi connectivity index (χ3n) is 2.15. The van der Waals surface area contributed by atoms with Gasteiger partial charge in [-0.3, -0.25) is 4.79 Å². The molecule has 0 atom stereocenters. The van der Waals surface area contributed by atoms with Crippen molar-refractivity contribution >= 4 is 5.91 Å². The number of hydrogen-bond acceptors (Lipinski definition) is 2. The highest BCUT2D eigenvalue weighted by Gasteiger charge is 2.08. The van der Waals surface area contributed by atoms with E-state index in [4.69, 9.17) is 5.26 Å². The van der Waals surface area contributed by atoms with Gasteiger partial charge in [-0.25, -0.2) is 0 Å². The molecule has 1 rings (SSSR count). The van der Waals surface area contributed by atoms with Gasteiger partial charge in [0, 0.05) is 19.8 Å². The van der Waals surface area contributed by atoms with Crippen molar-refractivity contribution < 1.29 is 4.79 Å².